The number of carbonyl (C=O) groups is 1. The summed E-state index contributed by atoms with van der Waals surface area (Å²) in [5.41, 5.74) is 0.863. The number of rotatable bonds is 4. The van der Waals surface area contributed by atoms with E-state index in [0.717, 1.165) is 5.56 Å². The monoisotopic (exact) mass is 345 g/mol. The van der Waals surface area contributed by atoms with E-state index in [1.165, 1.54) is 0 Å². The molecule has 3 N–H and O–H groups in total. The molecule has 0 unspecified atom stereocenters. The largest absolute Gasteiger partial charge is 0.334 e. The molecule has 0 bridgehead atoms. The van der Waals surface area contributed by atoms with Crippen molar-refractivity contribution in [3.63, 3.8) is 0 Å². The third-order valence-corrected chi connectivity index (χ3v) is 5.06. The minimum absolute atomic E-state index is 0.0118. The third kappa shape index (κ3) is 5.15. The molecule has 0 saturated carbocycles. The lowest BCUT2D eigenvalue weighted by Gasteiger charge is -2.31. The summed E-state index contributed by atoms with van der Waals surface area (Å²) in [5, 5.41) is 8.51. The highest BCUT2D eigenvalue weighted by molar-refractivity contribution is 7.89. The van der Waals surface area contributed by atoms with Crippen molar-refractivity contribution in [1.29, 1.82) is 0 Å². The van der Waals surface area contributed by atoms with Crippen LogP contribution < -0.4 is 10.5 Å². The number of nitrogens with zero attached hydrogens (tertiary/aromatic N) is 1. The number of likely N-dealkylation sites (tertiary alicyclic amines) is 1. The quantitative estimate of drug-likeness (QED) is 0.867. The van der Waals surface area contributed by atoms with E-state index in [9.17, 15) is 13.2 Å². The van der Waals surface area contributed by atoms with Gasteiger partial charge in [0.05, 0.1) is 5.75 Å². The van der Waals surface area contributed by atoms with E-state index >= 15 is 0 Å². The molecular weight excluding hydrogens is 326 g/mol. The van der Waals surface area contributed by atoms with Gasteiger partial charge in [-0.05, 0) is 30.4 Å². The van der Waals surface area contributed by atoms with Gasteiger partial charge in [-0.1, -0.05) is 29.8 Å². The van der Waals surface area contributed by atoms with Gasteiger partial charge in [0.2, 0.25) is 10.0 Å². The minimum atomic E-state index is -3.45. The normalized spacial score (nSPS) is 16.5. The molecule has 22 heavy (non-hydrogen) atoms. The molecule has 0 aliphatic carbocycles. The molecule has 2 amide bonds. The number of nitrogens with one attached hydrogen (secondary N) is 1. The number of sulfonamides is 1. The first-order valence-corrected chi connectivity index (χ1v) is 9.21. The van der Waals surface area contributed by atoms with Gasteiger partial charge in [0.15, 0.2) is 0 Å². The molecule has 1 heterocycles. The van der Waals surface area contributed by atoms with Gasteiger partial charge in [0, 0.05) is 24.7 Å². The van der Waals surface area contributed by atoms with Crippen LogP contribution in [0.1, 0.15) is 18.4 Å². The van der Waals surface area contributed by atoms with Crippen molar-refractivity contribution in [2.24, 2.45) is 11.1 Å². The van der Waals surface area contributed by atoms with Gasteiger partial charge >= 0.3 is 6.03 Å². The Morgan fingerprint density at radius 2 is 1.95 bits per heavy atom. The second-order valence-corrected chi connectivity index (χ2v) is 7.58. The van der Waals surface area contributed by atoms with E-state index in [-0.39, 0.29) is 17.7 Å². The summed E-state index contributed by atoms with van der Waals surface area (Å²) in [7, 11) is -3.45. The molecule has 0 aromatic heterocycles. The molecule has 0 atom stereocenters. The number of nitrogens with two attached hydrogens (primary N) is 1. The molecule has 1 fully saturated rings. The number of urea groups is 1. The van der Waals surface area contributed by atoms with E-state index in [2.05, 4.69) is 5.32 Å². The summed E-state index contributed by atoms with van der Waals surface area (Å²) in [4.78, 5) is 13.8. The number of amides is 2. The van der Waals surface area contributed by atoms with Crippen LogP contribution in [0.2, 0.25) is 5.02 Å². The topological polar surface area (TPSA) is 92.5 Å². The Kier molecular flexibility index (Phi) is 5.66. The molecule has 0 spiro atoms. The van der Waals surface area contributed by atoms with Crippen molar-refractivity contribution in [3.05, 3.63) is 34.9 Å². The molecule has 1 aliphatic heterocycles. The lowest BCUT2D eigenvalue weighted by molar-refractivity contribution is 0.174. The van der Waals surface area contributed by atoms with Crippen molar-refractivity contribution in [2.45, 2.75) is 19.4 Å². The van der Waals surface area contributed by atoms with Gasteiger partial charge in [-0.2, -0.15) is 0 Å². The highest BCUT2D eigenvalue weighted by Gasteiger charge is 2.25. The van der Waals surface area contributed by atoms with Crippen LogP contribution in [0.5, 0.6) is 0 Å². The highest BCUT2D eigenvalue weighted by atomic mass is 35.5. The Hall–Kier alpha value is -1.31. The van der Waals surface area contributed by atoms with Gasteiger partial charge in [0.1, 0.15) is 0 Å². The highest BCUT2D eigenvalue weighted by Crippen LogP contribution is 2.19. The van der Waals surface area contributed by atoms with Gasteiger partial charge < -0.3 is 10.2 Å². The summed E-state index contributed by atoms with van der Waals surface area (Å²) < 4.78 is 22.2. The molecular formula is C14H20ClN3O3S. The van der Waals surface area contributed by atoms with Crippen molar-refractivity contribution >= 4 is 27.7 Å². The number of hydrogen-bond acceptors (Lipinski definition) is 3. The van der Waals surface area contributed by atoms with Gasteiger partial charge in [-0.15, -0.1) is 0 Å². The van der Waals surface area contributed by atoms with E-state index in [0.29, 0.717) is 37.5 Å². The van der Waals surface area contributed by atoms with Crippen molar-refractivity contribution < 1.29 is 13.2 Å². The van der Waals surface area contributed by atoms with Crippen LogP contribution in [0.25, 0.3) is 0 Å². The number of hydrogen-bond donors (Lipinski definition) is 2. The first-order valence-electron chi connectivity index (χ1n) is 7.12. The maximum Gasteiger partial charge on any atom is 0.317 e. The predicted molar refractivity (Wildman–Crippen MR) is 86.0 cm³/mol. The fourth-order valence-corrected chi connectivity index (χ4v) is 3.75. The maximum atomic E-state index is 12.1. The first-order chi connectivity index (χ1) is 10.3. The lowest BCUT2D eigenvalue weighted by Crippen LogP contribution is -2.45. The Labute approximate surface area is 135 Å². The molecule has 1 saturated heterocycles. The second-order valence-electron chi connectivity index (χ2n) is 5.51. The summed E-state index contributed by atoms with van der Waals surface area (Å²) in [6, 6.07) is 7.19. The fraction of sp³-hybridized carbons (Fsp3) is 0.500. The van der Waals surface area contributed by atoms with Crippen LogP contribution in [-0.4, -0.2) is 38.2 Å². The SMILES string of the molecule is NS(=O)(=O)CC1CCN(C(=O)NCc2ccccc2Cl)CC1. The Bertz CT molecular complexity index is 628. The zero-order valence-electron chi connectivity index (χ0n) is 12.2. The Morgan fingerprint density at radius 1 is 1.32 bits per heavy atom. The van der Waals surface area contributed by atoms with E-state index in [4.69, 9.17) is 16.7 Å². The number of benzene rings is 1. The first kappa shape index (κ1) is 17.1. The second kappa shape index (κ2) is 7.30. The van der Waals surface area contributed by atoms with Crippen molar-refractivity contribution in [1.82, 2.24) is 10.2 Å². The molecule has 8 heteroatoms. The zero-order valence-corrected chi connectivity index (χ0v) is 13.7. The fourth-order valence-electron chi connectivity index (χ4n) is 2.56. The lowest BCUT2D eigenvalue weighted by atomic mass is 9.99. The Morgan fingerprint density at radius 3 is 2.55 bits per heavy atom. The third-order valence-electron chi connectivity index (χ3n) is 3.76. The minimum Gasteiger partial charge on any atom is -0.334 e. The number of carbonyl (C=O) groups excluding carboxylic acids is 1. The van der Waals surface area contributed by atoms with E-state index in [1.54, 1.807) is 11.0 Å². The Balaban J connectivity index is 1.79. The average molecular weight is 346 g/mol. The number of primary sulfonamides is 1. The van der Waals surface area contributed by atoms with E-state index < -0.39 is 10.0 Å². The smallest absolute Gasteiger partial charge is 0.317 e. The van der Waals surface area contributed by atoms with E-state index in [1.807, 2.05) is 18.2 Å². The molecule has 2 rings (SSSR count). The van der Waals surface area contributed by atoms with Crippen LogP contribution in [0, 0.1) is 5.92 Å². The zero-order chi connectivity index (χ0) is 16.2. The maximum absolute atomic E-state index is 12.1. The summed E-state index contributed by atoms with van der Waals surface area (Å²) >= 11 is 6.04. The van der Waals surface area contributed by atoms with Crippen LogP contribution in [0.4, 0.5) is 4.79 Å². The van der Waals surface area contributed by atoms with Crippen molar-refractivity contribution in [2.75, 3.05) is 18.8 Å². The standard InChI is InChI=1S/C14H20ClN3O3S/c15-13-4-2-1-3-12(13)9-17-14(19)18-7-5-11(6-8-18)10-22(16,20)21/h1-4,11H,5-10H2,(H,17,19)(H2,16,20,21). The number of piperidine rings is 1. The number of halogens is 1. The van der Waals surface area contributed by atoms with Crippen LogP contribution in [-0.2, 0) is 16.6 Å². The van der Waals surface area contributed by atoms with Crippen molar-refractivity contribution in [3.8, 4) is 0 Å². The molecule has 1 aromatic rings. The molecule has 122 valence electrons. The van der Waals surface area contributed by atoms with Gasteiger partial charge in [-0.3, -0.25) is 0 Å². The summed E-state index contributed by atoms with van der Waals surface area (Å²) in [6.07, 6.45) is 1.30. The molecule has 1 aliphatic rings. The molecule has 1 aromatic carbocycles. The van der Waals surface area contributed by atoms with Gasteiger partial charge in [0.25, 0.3) is 0 Å². The molecule has 0 radical (unpaired) electrons. The van der Waals surface area contributed by atoms with Crippen LogP contribution in [0.15, 0.2) is 24.3 Å². The van der Waals surface area contributed by atoms with Crippen LogP contribution >= 0.6 is 11.6 Å². The predicted octanol–water partition coefficient (Wildman–Crippen LogP) is 1.55. The summed E-state index contributed by atoms with van der Waals surface area (Å²) in [5.74, 6) is 0.0184. The molecule has 6 nitrogen and oxygen atoms in total. The van der Waals surface area contributed by atoms with Gasteiger partial charge in [-0.25, -0.2) is 18.4 Å². The average Bonchev–Trinajstić information content (AvgIpc) is 2.45. The summed E-state index contributed by atoms with van der Waals surface area (Å²) in [6.45, 7) is 1.44. The van der Waals surface area contributed by atoms with Crippen LogP contribution in [0.3, 0.4) is 0 Å².